The highest BCUT2D eigenvalue weighted by Gasteiger charge is 2.20. The Morgan fingerprint density at radius 3 is 2.75 bits per heavy atom. The van der Waals surface area contributed by atoms with E-state index in [1.807, 2.05) is 11.7 Å². The lowest BCUT2D eigenvalue weighted by Gasteiger charge is -2.13. The van der Waals surface area contributed by atoms with Crippen molar-refractivity contribution in [2.45, 2.75) is 33.1 Å². The number of nitrogens with zero attached hydrogens (tertiary/aromatic N) is 2. The van der Waals surface area contributed by atoms with Crippen LogP contribution in [0.15, 0.2) is 0 Å². The van der Waals surface area contributed by atoms with E-state index in [1.54, 1.807) is 0 Å². The first kappa shape index (κ1) is 11.3. The van der Waals surface area contributed by atoms with Crippen molar-refractivity contribution in [1.29, 1.82) is 0 Å². The molecule has 2 heterocycles. The highest BCUT2D eigenvalue weighted by atomic mass is 15.3. The van der Waals surface area contributed by atoms with Crippen molar-refractivity contribution in [2.75, 3.05) is 23.7 Å². The Kier molecular flexibility index (Phi) is 3.36. The van der Waals surface area contributed by atoms with Gasteiger partial charge in [0.05, 0.1) is 5.69 Å². The summed E-state index contributed by atoms with van der Waals surface area (Å²) in [5, 5.41) is 11.6. The standard InChI is InChI=1S/C12H22N4/c1-4-6-9-7-13-11-10(5-2)15-16(3)12(11)14-8-9/h9,13-14H,4-8H2,1-3H3. The van der Waals surface area contributed by atoms with Gasteiger partial charge in [0.1, 0.15) is 11.5 Å². The summed E-state index contributed by atoms with van der Waals surface area (Å²) < 4.78 is 1.95. The van der Waals surface area contributed by atoms with E-state index in [0.717, 1.165) is 31.2 Å². The first-order valence-electron chi connectivity index (χ1n) is 6.29. The van der Waals surface area contributed by atoms with Gasteiger partial charge >= 0.3 is 0 Å². The van der Waals surface area contributed by atoms with Crippen molar-refractivity contribution in [3.05, 3.63) is 5.69 Å². The van der Waals surface area contributed by atoms with E-state index in [0.29, 0.717) is 0 Å². The van der Waals surface area contributed by atoms with Crippen LogP contribution in [-0.4, -0.2) is 22.9 Å². The number of rotatable bonds is 3. The first-order valence-corrected chi connectivity index (χ1v) is 6.29. The molecule has 1 unspecified atom stereocenters. The van der Waals surface area contributed by atoms with E-state index in [1.165, 1.54) is 24.2 Å². The minimum Gasteiger partial charge on any atom is -0.380 e. The van der Waals surface area contributed by atoms with Crippen LogP contribution in [0.5, 0.6) is 0 Å². The predicted molar refractivity (Wildman–Crippen MR) is 68.0 cm³/mol. The third-order valence-electron chi connectivity index (χ3n) is 3.28. The van der Waals surface area contributed by atoms with Crippen molar-refractivity contribution < 1.29 is 0 Å². The van der Waals surface area contributed by atoms with E-state index in [-0.39, 0.29) is 0 Å². The second-order valence-electron chi connectivity index (χ2n) is 4.56. The van der Waals surface area contributed by atoms with Gasteiger partial charge in [-0.25, -0.2) is 0 Å². The predicted octanol–water partition coefficient (Wildman–Crippen LogP) is 2.24. The molecule has 0 amide bonds. The zero-order chi connectivity index (χ0) is 11.5. The quantitative estimate of drug-likeness (QED) is 0.824. The Hall–Kier alpha value is -1.19. The molecule has 1 aromatic rings. The van der Waals surface area contributed by atoms with Crippen LogP contribution < -0.4 is 10.6 Å². The summed E-state index contributed by atoms with van der Waals surface area (Å²) in [6.45, 7) is 6.51. The molecule has 0 spiro atoms. The molecular weight excluding hydrogens is 200 g/mol. The number of aromatic nitrogens is 2. The fourth-order valence-electron chi connectivity index (χ4n) is 2.39. The molecule has 0 bridgehead atoms. The summed E-state index contributed by atoms with van der Waals surface area (Å²) in [5.41, 5.74) is 2.38. The largest absolute Gasteiger partial charge is 0.380 e. The maximum Gasteiger partial charge on any atom is 0.148 e. The minimum absolute atomic E-state index is 0.724. The molecule has 4 nitrogen and oxygen atoms in total. The number of hydrogen-bond donors (Lipinski definition) is 2. The van der Waals surface area contributed by atoms with Gasteiger partial charge in [-0.3, -0.25) is 4.68 Å². The molecule has 2 rings (SSSR count). The van der Waals surface area contributed by atoms with E-state index in [9.17, 15) is 0 Å². The summed E-state index contributed by atoms with van der Waals surface area (Å²) in [6, 6.07) is 0. The molecule has 16 heavy (non-hydrogen) atoms. The van der Waals surface area contributed by atoms with Crippen LogP contribution in [0.3, 0.4) is 0 Å². The van der Waals surface area contributed by atoms with Crippen LogP contribution in [0.2, 0.25) is 0 Å². The lowest BCUT2D eigenvalue weighted by Crippen LogP contribution is -2.19. The van der Waals surface area contributed by atoms with Gasteiger partial charge in [-0.2, -0.15) is 5.10 Å². The van der Waals surface area contributed by atoms with Crippen LogP contribution in [0.4, 0.5) is 11.5 Å². The topological polar surface area (TPSA) is 41.9 Å². The molecule has 1 aliphatic rings. The van der Waals surface area contributed by atoms with Crippen LogP contribution in [-0.2, 0) is 13.5 Å². The molecular formula is C12H22N4. The number of hydrogen-bond acceptors (Lipinski definition) is 3. The van der Waals surface area contributed by atoms with Crippen LogP contribution in [0, 0.1) is 5.92 Å². The van der Waals surface area contributed by atoms with Crippen molar-refractivity contribution in [1.82, 2.24) is 9.78 Å². The third-order valence-corrected chi connectivity index (χ3v) is 3.28. The van der Waals surface area contributed by atoms with Gasteiger partial charge in [0.2, 0.25) is 0 Å². The molecule has 4 heteroatoms. The summed E-state index contributed by atoms with van der Waals surface area (Å²) in [5.74, 6) is 1.87. The number of fused-ring (bicyclic) bond motifs is 1. The Bertz CT molecular complexity index is 356. The van der Waals surface area contributed by atoms with Crippen molar-refractivity contribution in [3.8, 4) is 0 Å². The van der Waals surface area contributed by atoms with Gasteiger partial charge in [-0.1, -0.05) is 20.3 Å². The molecule has 0 saturated carbocycles. The van der Waals surface area contributed by atoms with Gasteiger partial charge in [0.25, 0.3) is 0 Å². The lowest BCUT2D eigenvalue weighted by atomic mass is 10.0. The Morgan fingerprint density at radius 2 is 2.06 bits per heavy atom. The molecule has 0 aromatic carbocycles. The smallest absolute Gasteiger partial charge is 0.148 e. The van der Waals surface area contributed by atoms with E-state index in [4.69, 9.17) is 0 Å². The van der Waals surface area contributed by atoms with E-state index < -0.39 is 0 Å². The molecule has 0 saturated heterocycles. The number of aryl methyl sites for hydroxylation is 2. The van der Waals surface area contributed by atoms with Gasteiger partial charge in [-0.15, -0.1) is 0 Å². The average Bonchev–Trinajstić information content (AvgIpc) is 2.47. The zero-order valence-electron chi connectivity index (χ0n) is 10.5. The van der Waals surface area contributed by atoms with Gasteiger partial charge < -0.3 is 10.6 Å². The highest BCUT2D eigenvalue weighted by molar-refractivity contribution is 5.69. The molecule has 0 aliphatic carbocycles. The molecule has 90 valence electrons. The van der Waals surface area contributed by atoms with Crippen LogP contribution in [0.25, 0.3) is 0 Å². The number of nitrogens with one attached hydrogen (secondary N) is 2. The molecule has 0 radical (unpaired) electrons. The van der Waals surface area contributed by atoms with Crippen molar-refractivity contribution in [2.24, 2.45) is 13.0 Å². The maximum atomic E-state index is 4.52. The van der Waals surface area contributed by atoms with Crippen molar-refractivity contribution in [3.63, 3.8) is 0 Å². The maximum absolute atomic E-state index is 4.52. The molecule has 0 fully saturated rings. The summed E-state index contributed by atoms with van der Waals surface area (Å²) >= 11 is 0. The summed E-state index contributed by atoms with van der Waals surface area (Å²) in [4.78, 5) is 0. The summed E-state index contributed by atoms with van der Waals surface area (Å²) in [6.07, 6.45) is 3.52. The fraction of sp³-hybridized carbons (Fsp3) is 0.750. The van der Waals surface area contributed by atoms with Crippen molar-refractivity contribution >= 4 is 11.5 Å². The molecule has 1 aromatic heterocycles. The van der Waals surface area contributed by atoms with E-state index >= 15 is 0 Å². The van der Waals surface area contributed by atoms with Crippen LogP contribution in [0.1, 0.15) is 32.4 Å². The third kappa shape index (κ3) is 2.01. The molecule has 2 N–H and O–H groups in total. The summed E-state index contributed by atoms with van der Waals surface area (Å²) in [7, 11) is 2.01. The monoisotopic (exact) mass is 222 g/mol. The normalized spacial score (nSPS) is 19.6. The first-order chi connectivity index (χ1) is 7.76. The van der Waals surface area contributed by atoms with Crippen LogP contribution >= 0.6 is 0 Å². The Labute approximate surface area is 97.4 Å². The number of anilines is 2. The van der Waals surface area contributed by atoms with Gasteiger partial charge in [0.15, 0.2) is 0 Å². The molecule has 1 atom stereocenters. The second kappa shape index (κ2) is 4.76. The second-order valence-corrected chi connectivity index (χ2v) is 4.56. The Morgan fingerprint density at radius 1 is 1.31 bits per heavy atom. The lowest BCUT2D eigenvalue weighted by molar-refractivity contribution is 0.529. The van der Waals surface area contributed by atoms with Gasteiger partial charge in [-0.05, 0) is 18.8 Å². The van der Waals surface area contributed by atoms with E-state index in [2.05, 4.69) is 29.6 Å². The Balaban J connectivity index is 2.17. The highest BCUT2D eigenvalue weighted by Crippen LogP contribution is 2.29. The average molecular weight is 222 g/mol. The SMILES string of the molecule is CCCC1CNc2c(CC)nn(C)c2NC1. The van der Waals surface area contributed by atoms with Gasteiger partial charge in [0, 0.05) is 20.1 Å². The molecule has 1 aliphatic heterocycles. The minimum atomic E-state index is 0.724. The fourth-order valence-corrected chi connectivity index (χ4v) is 2.39. The zero-order valence-corrected chi connectivity index (χ0v) is 10.5.